The van der Waals surface area contributed by atoms with Crippen molar-refractivity contribution >= 4 is 34.1 Å². The van der Waals surface area contributed by atoms with Crippen LogP contribution < -0.4 is 5.32 Å². The van der Waals surface area contributed by atoms with E-state index >= 15 is 0 Å². The van der Waals surface area contributed by atoms with Gasteiger partial charge in [0, 0.05) is 26.8 Å². The van der Waals surface area contributed by atoms with Gasteiger partial charge in [-0.1, -0.05) is 44.2 Å². The van der Waals surface area contributed by atoms with Crippen LogP contribution in [0.4, 0.5) is 5.69 Å². The number of amides is 1. The Labute approximate surface area is 152 Å². The van der Waals surface area contributed by atoms with Gasteiger partial charge in [-0.05, 0) is 53.6 Å². The van der Waals surface area contributed by atoms with Gasteiger partial charge in [-0.15, -0.1) is 11.8 Å². The smallest absolute Gasteiger partial charge is 0.255 e. The van der Waals surface area contributed by atoms with Crippen LogP contribution in [0, 0.1) is 0 Å². The molecule has 3 aromatic rings. The first-order valence-electron chi connectivity index (χ1n) is 8.73. The average molecular weight is 347 g/mol. The maximum absolute atomic E-state index is 12.8. The van der Waals surface area contributed by atoms with Crippen molar-refractivity contribution in [2.24, 2.45) is 0 Å². The number of anilines is 1. The molecule has 0 aromatic heterocycles. The second-order valence-electron chi connectivity index (χ2n) is 6.76. The molecule has 1 N–H and O–H groups in total. The summed E-state index contributed by atoms with van der Waals surface area (Å²) < 4.78 is 0. The molecule has 0 radical (unpaired) electrons. The predicted octanol–water partition coefficient (Wildman–Crippen LogP) is 5.69. The van der Waals surface area contributed by atoms with Gasteiger partial charge < -0.3 is 5.32 Å². The van der Waals surface area contributed by atoms with E-state index in [1.54, 1.807) is 11.8 Å². The first-order valence-corrected chi connectivity index (χ1v) is 9.61. The lowest BCUT2D eigenvalue weighted by Gasteiger charge is -2.11. The molecule has 3 heteroatoms. The van der Waals surface area contributed by atoms with Crippen LogP contribution in [0.1, 0.15) is 35.3 Å². The van der Waals surface area contributed by atoms with Gasteiger partial charge in [-0.25, -0.2) is 0 Å². The van der Waals surface area contributed by atoms with E-state index in [0.29, 0.717) is 10.8 Å². The fraction of sp³-hybridized carbons (Fsp3) is 0.227. The highest BCUT2D eigenvalue weighted by atomic mass is 32.2. The van der Waals surface area contributed by atoms with Crippen LogP contribution in [0.3, 0.4) is 0 Å². The van der Waals surface area contributed by atoms with Crippen molar-refractivity contribution < 1.29 is 4.79 Å². The van der Waals surface area contributed by atoms with Crippen molar-refractivity contribution in [3.8, 4) is 0 Å². The highest BCUT2D eigenvalue weighted by molar-refractivity contribution is 7.99. The minimum absolute atomic E-state index is 0.0510. The quantitative estimate of drug-likeness (QED) is 0.614. The minimum Gasteiger partial charge on any atom is -0.321 e. The summed E-state index contributed by atoms with van der Waals surface area (Å²) in [5.41, 5.74) is 4.38. The van der Waals surface area contributed by atoms with Crippen molar-refractivity contribution in [3.63, 3.8) is 0 Å². The largest absolute Gasteiger partial charge is 0.321 e. The highest BCUT2D eigenvalue weighted by Gasteiger charge is 2.17. The summed E-state index contributed by atoms with van der Waals surface area (Å²) in [4.78, 5) is 13.9. The molecule has 25 heavy (non-hydrogen) atoms. The van der Waals surface area contributed by atoms with E-state index in [4.69, 9.17) is 0 Å². The summed E-state index contributed by atoms with van der Waals surface area (Å²) >= 11 is 1.77. The topological polar surface area (TPSA) is 29.1 Å². The van der Waals surface area contributed by atoms with E-state index in [2.05, 4.69) is 49.5 Å². The Morgan fingerprint density at radius 3 is 2.56 bits per heavy atom. The lowest BCUT2D eigenvalue weighted by Crippen LogP contribution is -2.12. The summed E-state index contributed by atoms with van der Waals surface area (Å²) in [7, 11) is 0. The summed E-state index contributed by atoms with van der Waals surface area (Å²) in [6.45, 7) is 4.31. The predicted molar refractivity (Wildman–Crippen MR) is 107 cm³/mol. The highest BCUT2D eigenvalue weighted by Crippen LogP contribution is 2.35. The zero-order valence-corrected chi connectivity index (χ0v) is 15.3. The van der Waals surface area contributed by atoms with Gasteiger partial charge in [0.05, 0.1) is 0 Å². The Hall–Kier alpha value is -2.26. The number of carbonyl (C=O) groups is 1. The fourth-order valence-electron chi connectivity index (χ4n) is 3.53. The molecule has 2 nitrogen and oxygen atoms in total. The van der Waals surface area contributed by atoms with Crippen LogP contribution in [0.5, 0.6) is 0 Å². The monoisotopic (exact) mass is 347 g/mol. The SMILES string of the molecule is CC(C)Sc1cccc(C(=O)Nc2ccc3c4c(cccc24)CC3)c1. The first kappa shape index (κ1) is 16.2. The molecule has 1 amide bonds. The first-order chi connectivity index (χ1) is 12.1. The molecular formula is C22H21NOS. The maximum atomic E-state index is 12.8. The number of rotatable bonds is 4. The van der Waals surface area contributed by atoms with Crippen LogP contribution in [0.2, 0.25) is 0 Å². The maximum Gasteiger partial charge on any atom is 0.255 e. The molecule has 0 atom stereocenters. The molecule has 4 rings (SSSR count). The third-order valence-electron chi connectivity index (χ3n) is 4.59. The van der Waals surface area contributed by atoms with Gasteiger partial charge in [0.15, 0.2) is 0 Å². The number of thioether (sulfide) groups is 1. The van der Waals surface area contributed by atoms with E-state index in [0.717, 1.165) is 28.8 Å². The van der Waals surface area contributed by atoms with Crippen molar-refractivity contribution in [1.29, 1.82) is 0 Å². The fourth-order valence-corrected chi connectivity index (χ4v) is 4.43. The van der Waals surface area contributed by atoms with Crippen molar-refractivity contribution in [2.45, 2.75) is 36.8 Å². The summed E-state index contributed by atoms with van der Waals surface area (Å²) in [6.07, 6.45) is 2.19. The molecule has 1 aliphatic rings. The van der Waals surface area contributed by atoms with Crippen LogP contribution in [-0.4, -0.2) is 11.2 Å². The van der Waals surface area contributed by atoms with Crippen LogP contribution in [0.15, 0.2) is 59.5 Å². The Kier molecular flexibility index (Phi) is 4.26. The van der Waals surface area contributed by atoms with Gasteiger partial charge in [-0.2, -0.15) is 0 Å². The summed E-state index contributed by atoms with van der Waals surface area (Å²) in [6, 6.07) is 18.4. The standard InChI is InChI=1S/C22H21NOS/c1-14(2)25-18-7-3-6-17(13-18)22(24)23-20-12-11-16-10-9-15-5-4-8-19(20)21(15)16/h3-8,11-14H,9-10H2,1-2H3,(H,23,24). The molecule has 0 unspecified atom stereocenters. The molecule has 0 bridgehead atoms. The Morgan fingerprint density at radius 1 is 1.00 bits per heavy atom. The Morgan fingerprint density at radius 2 is 1.76 bits per heavy atom. The summed E-state index contributed by atoms with van der Waals surface area (Å²) in [5, 5.41) is 6.08. The molecule has 0 saturated heterocycles. The van der Waals surface area contributed by atoms with Gasteiger partial charge in [0.1, 0.15) is 0 Å². The number of carbonyl (C=O) groups excluding carboxylic acids is 1. The number of hydrogen-bond acceptors (Lipinski definition) is 2. The zero-order chi connectivity index (χ0) is 17.4. The summed E-state index contributed by atoms with van der Waals surface area (Å²) in [5.74, 6) is -0.0510. The molecule has 0 aliphatic heterocycles. The Balaban J connectivity index is 1.65. The van der Waals surface area contributed by atoms with E-state index < -0.39 is 0 Å². The number of nitrogens with one attached hydrogen (secondary N) is 1. The normalized spacial score (nSPS) is 12.8. The molecule has 1 aliphatic carbocycles. The van der Waals surface area contributed by atoms with Crippen molar-refractivity contribution in [2.75, 3.05) is 5.32 Å². The van der Waals surface area contributed by atoms with Crippen LogP contribution in [-0.2, 0) is 12.8 Å². The minimum atomic E-state index is -0.0510. The van der Waals surface area contributed by atoms with Crippen molar-refractivity contribution in [1.82, 2.24) is 0 Å². The third-order valence-corrected chi connectivity index (χ3v) is 5.59. The zero-order valence-electron chi connectivity index (χ0n) is 14.5. The molecule has 0 fully saturated rings. The van der Waals surface area contributed by atoms with Crippen LogP contribution in [0.25, 0.3) is 10.8 Å². The third kappa shape index (κ3) is 3.16. The molecule has 0 saturated carbocycles. The van der Waals surface area contributed by atoms with Gasteiger partial charge in [0.25, 0.3) is 5.91 Å². The lowest BCUT2D eigenvalue weighted by molar-refractivity contribution is 0.102. The number of aryl methyl sites for hydroxylation is 2. The van der Waals surface area contributed by atoms with E-state index in [1.165, 1.54) is 16.5 Å². The lowest BCUT2D eigenvalue weighted by atomic mass is 10.0. The number of benzene rings is 3. The second kappa shape index (κ2) is 6.57. The van der Waals surface area contributed by atoms with Gasteiger partial charge in [0.2, 0.25) is 0 Å². The number of hydrogen-bond donors (Lipinski definition) is 1. The second-order valence-corrected chi connectivity index (χ2v) is 8.41. The average Bonchev–Trinajstić information content (AvgIpc) is 3.02. The molecule has 126 valence electrons. The van der Waals surface area contributed by atoms with E-state index in [1.807, 2.05) is 24.3 Å². The van der Waals surface area contributed by atoms with Gasteiger partial charge in [-0.3, -0.25) is 4.79 Å². The van der Waals surface area contributed by atoms with Gasteiger partial charge >= 0.3 is 0 Å². The molecular weight excluding hydrogens is 326 g/mol. The molecule has 3 aromatic carbocycles. The molecule has 0 spiro atoms. The van der Waals surface area contributed by atoms with Crippen LogP contribution >= 0.6 is 11.8 Å². The molecule has 0 heterocycles. The van der Waals surface area contributed by atoms with Crippen molar-refractivity contribution in [3.05, 3.63) is 71.3 Å². The van der Waals surface area contributed by atoms with E-state index in [9.17, 15) is 4.79 Å². The Bertz CT molecular complexity index is 951. The van der Waals surface area contributed by atoms with E-state index in [-0.39, 0.29) is 5.91 Å².